The second-order valence-electron chi connectivity index (χ2n) is 6.56. The molecule has 0 aliphatic carbocycles. The minimum atomic E-state index is -2.96. The topological polar surface area (TPSA) is 91.9 Å². The first-order valence-corrected chi connectivity index (χ1v) is 9.77. The van der Waals surface area contributed by atoms with E-state index in [1.165, 1.54) is 0 Å². The number of nitrogens with one attached hydrogen (secondary N) is 2. The van der Waals surface area contributed by atoms with E-state index in [1.54, 1.807) is 6.07 Å². The zero-order chi connectivity index (χ0) is 17.3. The second kappa shape index (κ2) is 6.39. The highest BCUT2D eigenvalue weighted by Crippen LogP contribution is 2.24. The van der Waals surface area contributed by atoms with Crippen LogP contribution in [0.5, 0.6) is 0 Å². The number of aryl methyl sites for hydroxylation is 2. The van der Waals surface area contributed by atoms with E-state index in [0.29, 0.717) is 12.2 Å². The van der Waals surface area contributed by atoms with Gasteiger partial charge in [-0.3, -0.25) is 9.89 Å². The first-order chi connectivity index (χ1) is 11.3. The summed E-state index contributed by atoms with van der Waals surface area (Å²) in [4.78, 5) is 12.1. The quantitative estimate of drug-likeness (QED) is 0.888. The Morgan fingerprint density at radius 3 is 2.58 bits per heavy atom. The summed E-state index contributed by atoms with van der Waals surface area (Å²) < 4.78 is 22.9. The van der Waals surface area contributed by atoms with E-state index in [-0.39, 0.29) is 29.8 Å². The number of sulfone groups is 1. The molecule has 2 N–H and O–H groups in total. The zero-order valence-corrected chi connectivity index (χ0v) is 14.6. The summed E-state index contributed by atoms with van der Waals surface area (Å²) in [5.41, 5.74) is 4.17. The maximum Gasteiger partial charge on any atom is 0.225 e. The lowest BCUT2D eigenvalue weighted by molar-refractivity contribution is -0.116. The molecular formula is C17H21N3O3S. The number of nitrogens with zero attached hydrogens (tertiary/aromatic N) is 1. The van der Waals surface area contributed by atoms with Crippen molar-refractivity contribution < 1.29 is 13.2 Å². The number of carbonyl (C=O) groups is 1. The Balaban J connectivity index is 1.64. The highest BCUT2D eigenvalue weighted by Gasteiger charge is 2.29. The summed E-state index contributed by atoms with van der Waals surface area (Å²) in [5, 5.41) is 9.79. The van der Waals surface area contributed by atoms with Crippen molar-refractivity contribution in [3.63, 3.8) is 0 Å². The van der Waals surface area contributed by atoms with Gasteiger partial charge in [0.05, 0.1) is 17.2 Å². The van der Waals surface area contributed by atoms with Gasteiger partial charge < -0.3 is 5.32 Å². The number of carbonyl (C=O) groups excluding carboxylic acids is 1. The van der Waals surface area contributed by atoms with E-state index in [1.807, 2.05) is 13.8 Å². The normalized spacial score (nSPS) is 19.3. The molecule has 7 heteroatoms. The summed E-state index contributed by atoms with van der Waals surface area (Å²) in [6.45, 7) is 4.07. The van der Waals surface area contributed by atoms with E-state index in [4.69, 9.17) is 0 Å². The lowest BCUT2D eigenvalue weighted by Gasteiger charge is -2.06. The predicted octanol–water partition coefficient (Wildman–Crippen LogP) is 2.46. The molecule has 6 nitrogen and oxygen atoms in total. The van der Waals surface area contributed by atoms with E-state index >= 15 is 0 Å². The molecule has 1 saturated heterocycles. The second-order valence-corrected chi connectivity index (χ2v) is 8.79. The third-order valence-corrected chi connectivity index (χ3v) is 6.02. The molecule has 1 aliphatic rings. The van der Waals surface area contributed by atoms with Crippen molar-refractivity contribution in [3.8, 4) is 11.3 Å². The number of benzene rings is 1. The summed E-state index contributed by atoms with van der Waals surface area (Å²) >= 11 is 0. The molecule has 3 rings (SSSR count). The number of aromatic amines is 1. The van der Waals surface area contributed by atoms with Crippen molar-refractivity contribution in [2.75, 3.05) is 16.8 Å². The molecule has 1 amide bonds. The van der Waals surface area contributed by atoms with Gasteiger partial charge in [0.2, 0.25) is 5.91 Å². The SMILES string of the molecule is Cc1cc(C)cc(-c2cc(NC(=O)CC3CCS(=O)(=O)C3)n[nH]2)c1. The van der Waals surface area contributed by atoms with Gasteiger partial charge in [-0.05, 0) is 38.3 Å². The zero-order valence-electron chi connectivity index (χ0n) is 13.8. The highest BCUT2D eigenvalue weighted by molar-refractivity contribution is 7.91. The van der Waals surface area contributed by atoms with E-state index in [9.17, 15) is 13.2 Å². The van der Waals surface area contributed by atoms with E-state index in [2.05, 4.69) is 33.7 Å². The maximum absolute atomic E-state index is 12.1. The molecular weight excluding hydrogens is 326 g/mol. The molecule has 1 unspecified atom stereocenters. The van der Waals surface area contributed by atoms with Crippen molar-refractivity contribution in [3.05, 3.63) is 35.4 Å². The maximum atomic E-state index is 12.1. The van der Waals surface area contributed by atoms with Crippen LogP contribution in [0, 0.1) is 19.8 Å². The molecule has 24 heavy (non-hydrogen) atoms. The molecule has 0 bridgehead atoms. The number of H-pyrrole nitrogens is 1. The summed E-state index contributed by atoms with van der Waals surface area (Å²) in [7, 11) is -2.96. The van der Waals surface area contributed by atoms with Crippen LogP contribution in [0.3, 0.4) is 0 Å². The molecule has 0 saturated carbocycles. The van der Waals surface area contributed by atoms with Crippen LogP contribution in [-0.2, 0) is 14.6 Å². The Hall–Kier alpha value is -2.15. The van der Waals surface area contributed by atoms with Crippen LogP contribution >= 0.6 is 0 Å². The molecule has 0 radical (unpaired) electrons. The van der Waals surface area contributed by atoms with Gasteiger partial charge in [-0.25, -0.2) is 8.42 Å². The summed E-state index contributed by atoms with van der Waals surface area (Å²) in [5.74, 6) is 0.456. The Kier molecular flexibility index (Phi) is 4.45. The van der Waals surface area contributed by atoms with Crippen LogP contribution in [0.4, 0.5) is 5.82 Å². The van der Waals surface area contributed by atoms with Gasteiger partial charge in [-0.15, -0.1) is 0 Å². The number of hydrogen-bond acceptors (Lipinski definition) is 4. The Labute approximate surface area is 141 Å². The van der Waals surface area contributed by atoms with Crippen molar-refractivity contribution in [1.82, 2.24) is 10.2 Å². The number of anilines is 1. The number of hydrogen-bond donors (Lipinski definition) is 2. The van der Waals surface area contributed by atoms with E-state index < -0.39 is 9.84 Å². The van der Waals surface area contributed by atoms with Crippen LogP contribution in [0.1, 0.15) is 24.0 Å². The highest BCUT2D eigenvalue weighted by atomic mass is 32.2. The molecule has 1 aromatic heterocycles. The van der Waals surface area contributed by atoms with Crippen molar-refractivity contribution in [1.29, 1.82) is 0 Å². The minimum absolute atomic E-state index is 0.0900. The van der Waals surface area contributed by atoms with Crippen LogP contribution < -0.4 is 5.32 Å². The number of rotatable bonds is 4. The number of amides is 1. The number of aromatic nitrogens is 2. The predicted molar refractivity (Wildman–Crippen MR) is 93.5 cm³/mol. The van der Waals surface area contributed by atoms with Crippen molar-refractivity contribution in [2.45, 2.75) is 26.7 Å². The smallest absolute Gasteiger partial charge is 0.225 e. The van der Waals surface area contributed by atoms with Crippen LogP contribution in [0.2, 0.25) is 0 Å². The van der Waals surface area contributed by atoms with Gasteiger partial charge in [0.1, 0.15) is 0 Å². The molecule has 2 heterocycles. The molecule has 2 aromatic rings. The standard InChI is InChI=1S/C17H21N3O3S/c1-11-5-12(2)7-14(6-11)15-9-16(20-19-15)18-17(21)8-13-3-4-24(22,23)10-13/h5-7,9,13H,3-4,8,10H2,1-2H3,(H2,18,19,20,21). The molecule has 1 aromatic carbocycles. The third kappa shape index (κ3) is 4.03. The lowest BCUT2D eigenvalue weighted by Crippen LogP contribution is -2.17. The first-order valence-electron chi connectivity index (χ1n) is 7.95. The largest absolute Gasteiger partial charge is 0.309 e. The monoisotopic (exact) mass is 347 g/mol. The first kappa shape index (κ1) is 16.7. The summed E-state index contributed by atoms with van der Waals surface area (Å²) in [6, 6.07) is 7.99. The van der Waals surface area contributed by atoms with Gasteiger partial charge in [0.15, 0.2) is 15.7 Å². The van der Waals surface area contributed by atoms with Crippen molar-refractivity contribution >= 4 is 21.6 Å². The van der Waals surface area contributed by atoms with E-state index in [0.717, 1.165) is 22.4 Å². The fourth-order valence-corrected chi connectivity index (χ4v) is 5.01. The minimum Gasteiger partial charge on any atom is -0.309 e. The van der Waals surface area contributed by atoms with Crippen molar-refractivity contribution in [2.24, 2.45) is 5.92 Å². The van der Waals surface area contributed by atoms with Gasteiger partial charge >= 0.3 is 0 Å². The van der Waals surface area contributed by atoms with Crippen LogP contribution in [0.25, 0.3) is 11.3 Å². The van der Waals surface area contributed by atoms with Gasteiger partial charge in [0.25, 0.3) is 0 Å². The molecule has 128 valence electrons. The Morgan fingerprint density at radius 1 is 1.25 bits per heavy atom. The Bertz CT molecular complexity index is 851. The summed E-state index contributed by atoms with van der Waals surface area (Å²) in [6.07, 6.45) is 0.773. The molecule has 0 spiro atoms. The average Bonchev–Trinajstić information content (AvgIpc) is 3.04. The molecule has 1 fully saturated rings. The molecule has 1 aliphatic heterocycles. The third-order valence-electron chi connectivity index (χ3n) is 4.18. The Morgan fingerprint density at radius 2 is 1.96 bits per heavy atom. The van der Waals surface area contributed by atoms with Gasteiger partial charge in [0, 0.05) is 18.1 Å². The van der Waals surface area contributed by atoms with Gasteiger partial charge in [-0.1, -0.05) is 17.2 Å². The van der Waals surface area contributed by atoms with Crippen LogP contribution in [-0.4, -0.2) is 36.0 Å². The fourth-order valence-electron chi connectivity index (χ4n) is 3.15. The average molecular weight is 347 g/mol. The van der Waals surface area contributed by atoms with Gasteiger partial charge in [-0.2, -0.15) is 5.10 Å². The molecule has 1 atom stereocenters. The fraction of sp³-hybridized carbons (Fsp3) is 0.412. The van der Waals surface area contributed by atoms with Crippen LogP contribution in [0.15, 0.2) is 24.3 Å². The lowest BCUT2D eigenvalue weighted by atomic mass is 10.0.